The van der Waals surface area contributed by atoms with E-state index in [1.165, 1.54) is 23.5 Å². The Kier molecular flexibility index (Phi) is 2.89. The second-order valence-corrected chi connectivity index (χ2v) is 5.25. The highest BCUT2D eigenvalue weighted by Crippen LogP contribution is 2.31. The standard InChI is InChI=1S/C14H11FO2S/c15-10-4-3-9-6-14(18-13(9)7-10)12(16)8-11-2-1-5-17-11/h1-7,12,16H,8H2. The second-order valence-electron chi connectivity index (χ2n) is 4.13. The van der Waals surface area contributed by atoms with Crippen LogP contribution in [0.2, 0.25) is 0 Å². The van der Waals surface area contributed by atoms with E-state index >= 15 is 0 Å². The van der Waals surface area contributed by atoms with Gasteiger partial charge in [0.25, 0.3) is 0 Å². The van der Waals surface area contributed by atoms with Gasteiger partial charge in [0.2, 0.25) is 0 Å². The summed E-state index contributed by atoms with van der Waals surface area (Å²) in [5.41, 5.74) is 0. The minimum atomic E-state index is -0.614. The molecule has 92 valence electrons. The molecule has 3 rings (SSSR count). The Morgan fingerprint density at radius 1 is 1.28 bits per heavy atom. The number of aliphatic hydroxyl groups excluding tert-OH is 1. The lowest BCUT2D eigenvalue weighted by Gasteiger charge is -2.05. The molecule has 2 heterocycles. The monoisotopic (exact) mass is 262 g/mol. The van der Waals surface area contributed by atoms with Crippen LogP contribution in [0, 0.1) is 5.82 Å². The molecule has 2 nitrogen and oxygen atoms in total. The van der Waals surface area contributed by atoms with Crippen molar-refractivity contribution in [3.8, 4) is 0 Å². The molecule has 1 aromatic carbocycles. The predicted molar refractivity (Wildman–Crippen MR) is 69.2 cm³/mol. The van der Waals surface area contributed by atoms with Gasteiger partial charge < -0.3 is 9.52 Å². The molecule has 1 N–H and O–H groups in total. The zero-order chi connectivity index (χ0) is 12.5. The van der Waals surface area contributed by atoms with Crippen LogP contribution >= 0.6 is 11.3 Å². The summed E-state index contributed by atoms with van der Waals surface area (Å²) < 4.78 is 19.1. The van der Waals surface area contributed by atoms with Crippen LogP contribution in [0.4, 0.5) is 4.39 Å². The highest BCUT2D eigenvalue weighted by atomic mass is 32.1. The van der Waals surface area contributed by atoms with E-state index in [-0.39, 0.29) is 5.82 Å². The summed E-state index contributed by atoms with van der Waals surface area (Å²) >= 11 is 1.41. The van der Waals surface area contributed by atoms with E-state index in [4.69, 9.17) is 4.42 Å². The number of rotatable bonds is 3. The molecule has 0 radical (unpaired) electrons. The lowest BCUT2D eigenvalue weighted by molar-refractivity contribution is 0.174. The molecule has 1 atom stereocenters. The van der Waals surface area contributed by atoms with E-state index < -0.39 is 6.10 Å². The quantitative estimate of drug-likeness (QED) is 0.776. The molecule has 3 aromatic rings. The van der Waals surface area contributed by atoms with Crippen LogP contribution in [0.1, 0.15) is 16.7 Å². The molecule has 0 fully saturated rings. The van der Waals surface area contributed by atoms with E-state index in [1.807, 2.05) is 12.1 Å². The number of aliphatic hydroxyl groups is 1. The average molecular weight is 262 g/mol. The minimum absolute atomic E-state index is 0.253. The van der Waals surface area contributed by atoms with Crippen LogP contribution < -0.4 is 0 Å². The van der Waals surface area contributed by atoms with Gasteiger partial charge in [-0.1, -0.05) is 6.07 Å². The van der Waals surface area contributed by atoms with E-state index in [0.29, 0.717) is 6.42 Å². The zero-order valence-electron chi connectivity index (χ0n) is 9.47. The third kappa shape index (κ3) is 2.17. The van der Waals surface area contributed by atoms with Crippen molar-refractivity contribution < 1.29 is 13.9 Å². The van der Waals surface area contributed by atoms with Crippen LogP contribution in [0.3, 0.4) is 0 Å². The van der Waals surface area contributed by atoms with Crippen LogP contribution in [0.5, 0.6) is 0 Å². The normalized spacial score (nSPS) is 13.0. The van der Waals surface area contributed by atoms with Gasteiger partial charge in [0.05, 0.1) is 12.4 Å². The number of fused-ring (bicyclic) bond motifs is 1. The lowest BCUT2D eigenvalue weighted by atomic mass is 10.1. The van der Waals surface area contributed by atoms with Crippen LogP contribution in [-0.2, 0) is 6.42 Å². The number of furan rings is 1. The summed E-state index contributed by atoms with van der Waals surface area (Å²) in [7, 11) is 0. The third-order valence-corrected chi connectivity index (χ3v) is 4.00. The molecule has 0 saturated heterocycles. The summed E-state index contributed by atoms with van der Waals surface area (Å²) in [4.78, 5) is 0.826. The van der Waals surface area contributed by atoms with E-state index in [2.05, 4.69) is 0 Å². The first-order chi connectivity index (χ1) is 8.72. The second kappa shape index (κ2) is 4.55. The fraction of sp³-hybridized carbons (Fsp3) is 0.143. The molecule has 0 spiro atoms. The number of hydrogen-bond acceptors (Lipinski definition) is 3. The van der Waals surface area contributed by atoms with Crippen molar-refractivity contribution in [2.24, 2.45) is 0 Å². The smallest absolute Gasteiger partial charge is 0.124 e. The number of thiophene rings is 1. The number of hydrogen-bond donors (Lipinski definition) is 1. The molecular formula is C14H11FO2S. The van der Waals surface area contributed by atoms with Crippen LogP contribution in [0.25, 0.3) is 10.1 Å². The van der Waals surface area contributed by atoms with Crippen molar-refractivity contribution in [1.82, 2.24) is 0 Å². The molecule has 0 aliphatic heterocycles. The lowest BCUT2D eigenvalue weighted by Crippen LogP contribution is -1.97. The van der Waals surface area contributed by atoms with Crippen LogP contribution in [-0.4, -0.2) is 5.11 Å². The molecule has 1 unspecified atom stereocenters. The first kappa shape index (κ1) is 11.4. The maximum absolute atomic E-state index is 13.1. The van der Waals surface area contributed by atoms with E-state index in [1.54, 1.807) is 18.4 Å². The summed E-state index contributed by atoms with van der Waals surface area (Å²) in [5, 5.41) is 11.1. The fourth-order valence-electron chi connectivity index (χ4n) is 1.91. The highest BCUT2D eigenvalue weighted by Gasteiger charge is 2.13. The Balaban J connectivity index is 1.89. The third-order valence-electron chi connectivity index (χ3n) is 2.80. The minimum Gasteiger partial charge on any atom is -0.469 e. The average Bonchev–Trinajstić information content (AvgIpc) is 2.96. The predicted octanol–water partition coefficient (Wildman–Crippen LogP) is 3.91. The Morgan fingerprint density at radius 3 is 2.94 bits per heavy atom. The molecule has 0 amide bonds. The van der Waals surface area contributed by atoms with Crippen LogP contribution in [0.15, 0.2) is 47.1 Å². The molecule has 0 saturated carbocycles. The van der Waals surface area contributed by atoms with Gasteiger partial charge in [-0.05, 0) is 35.7 Å². The van der Waals surface area contributed by atoms with Gasteiger partial charge in [0.1, 0.15) is 11.6 Å². The largest absolute Gasteiger partial charge is 0.469 e. The maximum atomic E-state index is 13.1. The number of halogens is 1. The zero-order valence-corrected chi connectivity index (χ0v) is 10.3. The van der Waals surface area contributed by atoms with Crippen molar-refractivity contribution in [3.63, 3.8) is 0 Å². The van der Waals surface area contributed by atoms with Gasteiger partial charge in [0, 0.05) is 16.0 Å². The maximum Gasteiger partial charge on any atom is 0.124 e. The van der Waals surface area contributed by atoms with E-state index in [0.717, 1.165) is 20.7 Å². The molecule has 2 aromatic heterocycles. The molecule has 0 aliphatic rings. The van der Waals surface area contributed by atoms with Gasteiger partial charge >= 0.3 is 0 Å². The molecule has 18 heavy (non-hydrogen) atoms. The summed E-state index contributed by atoms with van der Waals surface area (Å²) in [6, 6.07) is 10.2. The molecule has 0 bridgehead atoms. The first-order valence-electron chi connectivity index (χ1n) is 5.62. The molecule has 4 heteroatoms. The Bertz CT molecular complexity index is 658. The topological polar surface area (TPSA) is 33.4 Å². The number of benzene rings is 1. The first-order valence-corrected chi connectivity index (χ1v) is 6.43. The van der Waals surface area contributed by atoms with Gasteiger partial charge in [-0.25, -0.2) is 4.39 Å². The Morgan fingerprint density at radius 2 is 2.17 bits per heavy atom. The summed E-state index contributed by atoms with van der Waals surface area (Å²) in [6.07, 6.45) is 1.40. The summed E-state index contributed by atoms with van der Waals surface area (Å²) in [5.74, 6) is 0.488. The van der Waals surface area contributed by atoms with Crippen molar-refractivity contribution >= 4 is 21.4 Å². The Hall–Kier alpha value is -1.65. The summed E-state index contributed by atoms with van der Waals surface area (Å²) in [6.45, 7) is 0. The van der Waals surface area contributed by atoms with Crippen molar-refractivity contribution in [2.45, 2.75) is 12.5 Å². The van der Waals surface area contributed by atoms with Gasteiger partial charge in [0.15, 0.2) is 0 Å². The Labute approximate surface area is 107 Å². The molecule has 0 aliphatic carbocycles. The van der Waals surface area contributed by atoms with Crippen molar-refractivity contribution in [1.29, 1.82) is 0 Å². The SMILES string of the molecule is OC(Cc1ccco1)c1cc2ccc(F)cc2s1. The van der Waals surface area contributed by atoms with Crippen molar-refractivity contribution in [2.75, 3.05) is 0 Å². The molecular weight excluding hydrogens is 251 g/mol. The van der Waals surface area contributed by atoms with Gasteiger partial charge in [-0.3, -0.25) is 0 Å². The van der Waals surface area contributed by atoms with Gasteiger partial charge in [-0.15, -0.1) is 11.3 Å². The van der Waals surface area contributed by atoms with E-state index in [9.17, 15) is 9.50 Å². The van der Waals surface area contributed by atoms with Crippen molar-refractivity contribution in [3.05, 3.63) is 59.1 Å². The fourth-order valence-corrected chi connectivity index (χ4v) is 2.99. The van der Waals surface area contributed by atoms with Gasteiger partial charge in [-0.2, -0.15) is 0 Å². The highest BCUT2D eigenvalue weighted by molar-refractivity contribution is 7.19.